The zero-order valence-corrected chi connectivity index (χ0v) is 13.8. The van der Waals surface area contributed by atoms with Crippen LogP contribution in [0.4, 0.5) is 5.95 Å². The van der Waals surface area contributed by atoms with E-state index in [-0.39, 0.29) is 5.56 Å². The summed E-state index contributed by atoms with van der Waals surface area (Å²) in [5.41, 5.74) is 2.14. The van der Waals surface area contributed by atoms with Crippen molar-refractivity contribution >= 4 is 5.95 Å². The van der Waals surface area contributed by atoms with Gasteiger partial charge in [0.1, 0.15) is 0 Å². The van der Waals surface area contributed by atoms with Gasteiger partial charge < -0.3 is 4.90 Å². The average molecular weight is 325 g/mol. The molecule has 2 aliphatic rings. The van der Waals surface area contributed by atoms with Crippen LogP contribution in [-0.2, 0) is 6.54 Å². The van der Waals surface area contributed by atoms with Crippen molar-refractivity contribution in [1.82, 2.24) is 19.9 Å². The van der Waals surface area contributed by atoms with Gasteiger partial charge in [0, 0.05) is 50.6 Å². The van der Waals surface area contributed by atoms with Crippen molar-refractivity contribution in [3.8, 4) is 0 Å². The lowest BCUT2D eigenvalue weighted by atomic mass is 10.1. The van der Waals surface area contributed by atoms with E-state index in [1.54, 1.807) is 12.3 Å². The molecule has 6 nitrogen and oxygen atoms in total. The summed E-state index contributed by atoms with van der Waals surface area (Å²) in [6, 6.07) is 5.76. The third kappa shape index (κ3) is 3.33. The standard InChI is InChI=1S/C18H23N5O/c24-17-10-16(20-18(21-17)23-7-1-2-8-23)15-5-9-22(13-15)12-14-4-3-6-19-11-14/h3-4,6,10-11,15H,1-2,5,7-9,12-13H2,(H,20,21,24). The van der Waals surface area contributed by atoms with Crippen LogP contribution < -0.4 is 10.5 Å². The van der Waals surface area contributed by atoms with Crippen molar-refractivity contribution in [3.05, 3.63) is 52.2 Å². The molecule has 1 atom stereocenters. The minimum atomic E-state index is -0.0346. The average Bonchev–Trinajstić information content (AvgIpc) is 3.27. The van der Waals surface area contributed by atoms with E-state index in [2.05, 4.69) is 25.8 Å². The number of anilines is 1. The molecule has 2 aromatic rings. The molecule has 4 heterocycles. The first-order valence-electron chi connectivity index (χ1n) is 8.75. The first kappa shape index (κ1) is 15.3. The first-order valence-corrected chi connectivity index (χ1v) is 8.75. The van der Waals surface area contributed by atoms with Gasteiger partial charge in [0.25, 0.3) is 5.56 Å². The van der Waals surface area contributed by atoms with E-state index in [9.17, 15) is 4.79 Å². The van der Waals surface area contributed by atoms with E-state index in [1.165, 1.54) is 18.4 Å². The Balaban J connectivity index is 1.47. The van der Waals surface area contributed by atoms with Gasteiger partial charge in [-0.05, 0) is 37.4 Å². The highest BCUT2D eigenvalue weighted by Crippen LogP contribution is 2.27. The molecule has 0 bridgehead atoms. The Bertz CT molecular complexity index is 739. The number of pyridine rings is 1. The number of rotatable bonds is 4. The van der Waals surface area contributed by atoms with Crippen molar-refractivity contribution in [2.75, 3.05) is 31.1 Å². The summed E-state index contributed by atoms with van der Waals surface area (Å²) in [5.74, 6) is 1.09. The van der Waals surface area contributed by atoms with Crippen LogP contribution in [0.25, 0.3) is 0 Å². The van der Waals surface area contributed by atoms with Crippen LogP contribution in [0.3, 0.4) is 0 Å². The van der Waals surface area contributed by atoms with E-state index < -0.39 is 0 Å². The molecule has 4 rings (SSSR count). The maximum absolute atomic E-state index is 12.1. The van der Waals surface area contributed by atoms with Crippen molar-refractivity contribution in [1.29, 1.82) is 0 Å². The summed E-state index contributed by atoms with van der Waals surface area (Å²) in [5, 5.41) is 0. The number of hydrogen-bond donors (Lipinski definition) is 1. The number of hydrogen-bond acceptors (Lipinski definition) is 5. The van der Waals surface area contributed by atoms with E-state index in [0.29, 0.717) is 5.92 Å². The maximum Gasteiger partial charge on any atom is 0.252 e. The van der Waals surface area contributed by atoms with Crippen molar-refractivity contribution in [2.24, 2.45) is 0 Å². The van der Waals surface area contributed by atoms with Crippen LogP contribution in [0.2, 0.25) is 0 Å². The second kappa shape index (κ2) is 6.73. The molecule has 126 valence electrons. The van der Waals surface area contributed by atoms with E-state index in [0.717, 1.165) is 50.8 Å². The predicted molar refractivity (Wildman–Crippen MR) is 93.2 cm³/mol. The lowest BCUT2D eigenvalue weighted by molar-refractivity contribution is 0.326. The smallest absolute Gasteiger partial charge is 0.252 e. The number of aromatic nitrogens is 3. The Kier molecular flexibility index (Phi) is 4.30. The molecular formula is C18H23N5O. The quantitative estimate of drug-likeness (QED) is 0.928. The second-order valence-electron chi connectivity index (χ2n) is 6.77. The number of H-pyrrole nitrogens is 1. The molecule has 6 heteroatoms. The first-order chi connectivity index (χ1) is 11.8. The van der Waals surface area contributed by atoms with E-state index >= 15 is 0 Å². The zero-order valence-electron chi connectivity index (χ0n) is 13.8. The van der Waals surface area contributed by atoms with Gasteiger partial charge in [-0.15, -0.1) is 0 Å². The third-order valence-electron chi connectivity index (χ3n) is 4.97. The van der Waals surface area contributed by atoms with Gasteiger partial charge in [-0.25, -0.2) is 4.98 Å². The molecular weight excluding hydrogens is 302 g/mol. The molecule has 0 amide bonds. The Labute approximate surface area is 141 Å². The van der Waals surface area contributed by atoms with Gasteiger partial charge in [-0.3, -0.25) is 19.7 Å². The molecule has 2 aromatic heterocycles. The van der Waals surface area contributed by atoms with Crippen LogP contribution in [-0.4, -0.2) is 46.0 Å². The maximum atomic E-state index is 12.1. The molecule has 0 aromatic carbocycles. The normalized spacial score (nSPS) is 21.5. The van der Waals surface area contributed by atoms with Gasteiger partial charge in [-0.2, -0.15) is 0 Å². The Hall–Kier alpha value is -2.21. The van der Waals surface area contributed by atoms with Crippen LogP contribution in [0.1, 0.15) is 36.4 Å². The summed E-state index contributed by atoms with van der Waals surface area (Å²) >= 11 is 0. The second-order valence-corrected chi connectivity index (χ2v) is 6.77. The molecule has 0 spiro atoms. The van der Waals surface area contributed by atoms with Crippen LogP contribution in [0, 0.1) is 0 Å². The van der Waals surface area contributed by atoms with E-state index in [4.69, 9.17) is 4.98 Å². The minimum absolute atomic E-state index is 0.0346. The Morgan fingerprint density at radius 2 is 2.12 bits per heavy atom. The molecule has 1 unspecified atom stereocenters. The fourth-order valence-electron chi connectivity index (χ4n) is 3.72. The zero-order chi connectivity index (χ0) is 16.4. The van der Waals surface area contributed by atoms with Crippen LogP contribution in [0.15, 0.2) is 35.4 Å². The molecule has 1 N–H and O–H groups in total. The summed E-state index contributed by atoms with van der Waals surface area (Å²) in [6.07, 6.45) is 7.13. The number of nitrogens with one attached hydrogen (secondary N) is 1. The van der Waals surface area contributed by atoms with Gasteiger partial charge >= 0.3 is 0 Å². The highest BCUT2D eigenvalue weighted by atomic mass is 16.1. The minimum Gasteiger partial charge on any atom is -0.342 e. The fourth-order valence-corrected chi connectivity index (χ4v) is 3.72. The van der Waals surface area contributed by atoms with Crippen LogP contribution >= 0.6 is 0 Å². The summed E-state index contributed by atoms with van der Waals surface area (Å²) < 4.78 is 0. The summed E-state index contributed by atoms with van der Waals surface area (Å²) in [4.78, 5) is 28.5. The molecule has 2 saturated heterocycles. The fraction of sp³-hybridized carbons (Fsp3) is 0.500. The molecule has 0 saturated carbocycles. The Morgan fingerprint density at radius 1 is 1.25 bits per heavy atom. The monoisotopic (exact) mass is 325 g/mol. The molecule has 0 radical (unpaired) electrons. The van der Waals surface area contributed by atoms with E-state index in [1.807, 2.05) is 12.3 Å². The topological polar surface area (TPSA) is 65.1 Å². The Morgan fingerprint density at radius 3 is 2.92 bits per heavy atom. The van der Waals surface area contributed by atoms with Gasteiger partial charge in [0.2, 0.25) is 5.95 Å². The lowest BCUT2D eigenvalue weighted by Gasteiger charge is -2.18. The highest BCUT2D eigenvalue weighted by molar-refractivity contribution is 5.32. The molecule has 0 aliphatic carbocycles. The highest BCUT2D eigenvalue weighted by Gasteiger charge is 2.26. The summed E-state index contributed by atoms with van der Waals surface area (Å²) in [7, 11) is 0. The molecule has 24 heavy (non-hydrogen) atoms. The number of aromatic amines is 1. The summed E-state index contributed by atoms with van der Waals surface area (Å²) in [6.45, 7) is 4.87. The van der Waals surface area contributed by atoms with Crippen molar-refractivity contribution in [3.63, 3.8) is 0 Å². The van der Waals surface area contributed by atoms with Crippen molar-refractivity contribution in [2.45, 2.75) is 31.7 Å². The van der Waals surface area contributed by atoms with Crippen LogP contribution in [0.5, 0.6) is 0 Å². The third-order valence-corrected chi connectivity index (χ3v) is 4.97. The van der Waals surface area contributed by atoms with Gasteiger partial charge in [0.05, 0.1) is 5.69 Å². The molecule has 2 fully saturated rings. The molecule has 2 aliphatic heterocycles. The largest absolute Gasteiger partial charge is 0.342 e. The van der Waals surface area contributed by atoms with Crippen molar-refractivity contribution < 1.29 is 0 Å². The van der Waals surface area contributed by atoms with Gasteiger partial charge in [-0.1, -0.05) is 6.07 Å². The predicted octanol–water partition coefficient (Wildman–Crippen LogP) is 1.75. The SMILES string of the molecule is O=c1cc(C2CCN(Cc3cccnc3)C2)nc(N2CCCC2)[nH]1. The number of nitrogens with zero attached hydrogens (tertiary/aromatic N) is 4. The van der Waals surface area contributed by atoms with Gasteiger partial charge in [0.15, 0.2) is 0 Å². The number of likely N-dealkylation sites (tertiary alicyclic amines) is 1. The lowest BCUT2D eigenvalue weighted by Crippen LogP contribution is -2.25.